The third-order valence-electron chi connectivity index (χ3n) is 4.85. The third kappa shape index (κ3) is 4.20. The van der Waals surface area contributed by atoms with Crippen molar-refractivity contribution in [3.05, 3.63) is 69.7 Å². The topological polar surface area (TPSA) is 105 Å². The molecule has 8 nitrogen and oxygen atoms in total. The molecular formula is C21H20BrN3O5. The van der Waals surface area contributed by atoms with Gasteiger partial charge in [-0.2, -0.15) is 0 Å². The molecule has 9 heteroatoms. The number of halogens is 1. The largest absolute Gasteiger partial charge is 0.465 e. The van der Waals surface area contributed by atoms with E-state index in [1.165, 1.54) is 7.11 Å². The summed E-state index contributed by atoms with van der Waals surface area (Å²) in [5, 5.41) is 5.34. The average molecular weight is 474 g/mol. The number of hydrogen-bond acceptors (Lipinski definition) is 5. The van der Waals surface area contributed by atoms with Crippen LogP contribution >= 0.6 is 15.9 Å². The summed E-state index contributed by atoms with van der Waals surface area (Å²) in [6, 6.07) is 13.0. The molecule has 2 aromatic rings. The van der Waals surface area contributed by atoms with Gasteiger partial charge < -0.3 is 15.4 Å². The molecule has 2 N–H and O–H groups in total. The summed E-state index contributed by atoms with van der Waals surface area (Å²) >= 11 is 3.40. The van der Waals surface area contributed by atoms with Gasteiger partial charge in [-0.15, -0.1) is 0 Å². The molecule has 0 spiro atoms. The Morgan fingerprint density at radius 3 is 2.43 bits per heavy atom. The number of hydrogen-bond donors (Lipinski definition) is 2. The maximum atomic E-state index is 12.9. The molecule has 1 heterocycles. The number of urea groups is 1. The fourth-order valence-electron chi connectivity index (χ4n) is 3.17. The molecular weight excluding hydrogens is 454 g/mol. The van der Waals surface area contributed by atoms with E-state index in [1.807, 2.05) is 0 Å². The van der Waals surface area contributed by atoms with Crippen molar-refractivity contribution in [2.75, 3.05) is 13.7 Å². The Morgan fingerprint density at radius 2 is 1.80 bits per heavy atom. The summed E-state index contributed by atoms with van der Waals surface area (Å²) < 4.78 is 5.32. The number of nitrogens with one attached hydrogen (secondary N) is 2. The molecule has 4 amide bonds. The predicted octanol–water partition coefficient (Wildman–Crippen LogP) is 2.32. The van der Waals surface area contributed by atoms with Gasteiger partial charge in [0.2, 0.25) is 5.91 Å². The number of rotatable bonds is 6. The van der Waals surface area contributed by atoms with Gasteiger partial charge in [0.1, 0.15) is 12.1 Å². The second-order valence-electron chi connectivity index (χ2n) is 6.89. The number of nitrogens with zero attached hydrogens (tertiary/aromatic N) is 1. The second kappa shape index (κ2) is 8.66. The maximum Gasteiger partial charge on any atom is 0.337 e. The van der Waals surface area contributed by atoms with E-state index >= 15 is 0 Å². The van der Waals surface area contributed by atoms with Crippen molar-refractivity contribution in [3.8, 4) is 0 Å². The third-order valence-corrected chi connectivity index (χ3v) is 5.55. The number of amides is 4. The van der Waals surface area contributed by atoms with Gasteiger partial charge in [-0.3, -0.25) is 14.5 Å². The second-order valence-corrected chi connectivity index (χ2v) is 7.75. The quantitative estimate of drug-likeness (QED) is 0.494. The van der Waals surface area contributed by atoms with Crippen molar-refractivity contribution >= 4 is 39.7 Å². The van der Waals surface area contributed by atoms with Crippen molar-refractivity contribution in [1.29, 1.82) is 0 Å². The normalized spacial score (nSPS) is 18.2. The van der Waals surface area contributed by atoms with Gasteiger partial charge in [0.25, 0.3) is 5.91 Å². The minimum Gasteiger partial charge on any atom is -0.465 e. The standard InChI is InChI=1S/C21H20BrN3O5/c1-21(15-5-3-4-6-16(15)22)19(28)25(20(29)24-21)12-17(26)23-11-13-7-9-14(10-8-13)18(27)30-2/h3-10H,11-12H2,1-2H3,(H,23,26)(H,24,29)/t21-/m0/s1. The Bertz CT molecular complexity index is 1010. The van der Waals surface area contributed by atoms with Crippen LogP contribution in [0.4, 0.5) is 4.79 Å². The summed E-state index contributed by atoms with van der Waals surface area (Å²) in [4.78, 5) is 50.0. The zero-order valence-corrected chi connectivity index (χ0v) is 18.0. The highest BCUT2D eigenvalue weighted by molar-refractivity contribution is 9.10. The average Bonchev–Trinajstić information content (AvgIpc) is 2.96. The highest BCUT2D eigenvalue weighted by atomic mass is 79.9. The fraction of sp³-hybridized carbons (Fsp3) is 0.238. The molecule has 0 radical (unpaired) electrons. The van der Waals surface area contributed by atoms with Gasteiger partial charge in [-0.25, -0.2) is 9.59 Å². The van der Waals surface area contributed by atoms with E-state index in [0.29, 0.717) is 15.6 Å². The molecule has 0 aromatic heterocycles. The zero-order chi connectivity index (χ0) is 21.9. The van der Waals surface area contributed by atoms with E-state index in [-0.39, 0.29) is 6.54 Å². The number of methoxy groups -OCH3 is 1. The van der Waals surface area contributed by atoms with Crippen molar-refractivity contribution in [1.82, 2.24) is 15.5 Å². The Labute approximate surface area is 181 Å². The van der Waals surface area contributed by atoms with Gasteiger partial charge in [0.05, 0.1) is 12.7 Å². The van der Waals surface area contributed by atoms with Crippen LogP contribution in [-0.2, 0) is 26.4 Å². The Morgan fingerprint density at radius 1 is 1.13 bits per heavy atom. The number of esters is 1. The van der Waals surface area contributed by atoms with Crippen LogP contribution in [0.2, 0.25) is 0 Å². The van der Waals surface area contributed by atoms with Crippen LogP contribution < -0.4 is 10.6 Å². The van der Waals surface area contributed by atoms with Crippen LogP contribution in [0.3, 0.4) is 0 Å². The van der Waals surface area contributed by atoms with Crippen molar-refractivity contribution in [2.45, 2.75) is 19.0 Å². The van der Waals surface area contributed by atoms with Crippen LogP contribution in [0.1, 0.15) is 28.4 Å². The van der Waals surface area contributed by atoms with Gasteiger partial charge in [0.15, 0.2) is 0 Å². The molecule has 1 saturated heterocycles. The van der Waals surface area contributed by atoms with Gasteiger partial charge in [-0.05, 0) is 30.7 Å². The van der Waals surface area contributed by atoms with Crippen molar-refractivity contribution < 1.29 is 23.9 Å². The first kappa shape index (κ1) is 21.5. The van der Waals surface area contributed by atoms with E-state index in [9.17, 15) is 19.2 Å². The van der Waals surface area contributed by atoms with Gasteiger partial charge in [0, 0.05) is 16.6 Å². The van der Waals surface area contributed by atoms with E-state index in [1.54, 1.807) is 55.5 Å². The van der Waals surface area contributed by atoms with Gasteiger partial charge >= 0.3 is 12.0 Å². The molecule has 1 atom stereocenters. The van der Waals surface area contributed by atoms with E-state index in [0.717, 1.165) is 10.5 Å². The Hall–Kier alpha value is -3.20. The van der Waals surface area contributed by atoms with Crippen molar-refractivity contribution in [3.63, 3.8) is 0 Å². The van der Waals surface area contributed by atoms with Crippen LogP contribution in [0.25, 0.3) is 0 Å². The first-order valence-electron chi connectivity index (χ1n) is 9.09. The van der Waals surface area contributed by atoms with Gasteiger partial charge in [-0.1, -0.05) is 46.3 Å². The number of carbonyl (C=O) groups excluding carboxylic acids is 4. The summed E-state index contributed by atoms with van der Waals surface area (Å²) in [5.74, 6) is -1.43. The Kier molecular flexibility index (Phi) is 6.21. The summed E-state index contributed by atoms with van der Waals surface area (Å²) in [5.41, 5.74) is 0.503. The molecule has 156 valence electrons. The number of carbonyl (C=O) groups is 4. The number of ether oxygens (including phenoxy) is 1. The molecule has 3 rings (SSSR count). The van der Waals surface area contributed by atoms with Crippen LogP contribution in [0, 0.1) is 0 Å². The lowest BCUT2D eigenvalue weighted by atomic mass is 9.92. The molecule has 0 unspecified atom stereocenters. The maximum absolute atomic E-state index is 12.9. The predicted molar refractivity (Wildman–Crippen MR) is 111 cm³/mol. The van der Waals surface area contributed by atoms with Crippen LogP contribution in [0.15, 0.2) is 53.0 Å². The first-order chi connectivity index (χ1) is 14.3. The molecule has 0 bridgehead atoms. The molecule has 1 aliphatic heterocycles. The summed E-state index contributed by atoms with van der Waals surface area (Å²) in [7, 11) is 1.30. The number of imide groups is 1. The molecule has 30 heavy (non-hydrogen) atoms. The zero-order valence-electron chi connectivity index (χ0n) is 16.4. The molecule has 0 saturated carbocycles. The van der Waals surface area contributed by atoms with E-state index < -0.39 is 35.9 Å². The van der Waals surface area contributed by atoms with Crippen LogP contribution in [-0.4, -0.2) is 42.4 Å². The van der Waals surface area contributed by atoms with E-state index in [4.69, 9.17) is 0 Å². The molecule has 2 aromatic carbocycles. The molecule has 0 aliphatic carbocycles. The fourth-order valence-corrected chi connectivity index (χ4v) is 3.85. The van der Waals surface area contributed by atoms with Crippen molar-refractivity contribution in [2.24, 2.45) is 0 Å². The highest BCUT2D eigenvalue weighted by Crippen LogP contribution is 2.33. The minimum absolute atomic E-state index is 0.186. The Balaban J connectivity index is 1.63. The smallest absolute Gasteiger partial charge is 0.337 e. The lowest BCUT2D eigenvalue weighted by Gasteiger charge is -2.23. The SMILES string of the molecule is COC(=O)c1ccc(CNC(=O)CN2C(=O)N[C@@](C)(c3ccccc3Br)C2=O)cc1. The highest BCUT2D eigenvalue weighted by Gasteiger charge is 2.50. The number of benzene rings is 2. The molecule has 1 fully saturated rings. The lowest BCUT2D eigenvalue weighted by Crippen LogP contribution is -2.43. The lowest BCUT2D eigenvalue weighted by molar-refractivity contribution is -0.134. The summed E-state index contributed by atoms with van der Waals surface area (Å²) in [6.07, 6.45) is 0. The summed E-state index contributed by atoms with van der Waals surface area (Å²) in [6.45, 7) is 1.39. The monoisotopic (exact) mass is 473 g/mol. The molecule has 1 aliphatic rings. The minimum atomic E-state index is -1.26. The van der Waals surface area contributed by atoms with E-state index in [2.05, 4.69) is 31.3 Å². The first-order valence-corrected chi connectivity index (χ1v) is 9.88. The van der Waals surface area contributed by atoms with Crippen LogP contribution in [0.5, 0.6) is 0 Å².